The first-order valence-corrected chi connectivity index (χ1v) is 13.2. The number of aliphatic hydroxyl groups excluding tert-OH is 1. The second kappa shape index (κ2) is 5.32. The molecule has 1 N–H and O–H groups in total. The zero-order chi connectivity index (χ0) is 5.70. The second-order valence-electron chi connectivity index (χ2n) is 1.68. The second-order valence-corrected chi connectivity index (χ2v) is 9.22. The van der Waals surface area contributed by atoms with Crippen LogP contribution in [-0.2, 0) is 23.3 Å². The Labute approximate surface area is 59.9 Å². The van der Waals surface area contributed by atoms with Crippen molar-refractivity contribution in [3.05, 3.63) is 0 Å². The first-order valence-electron chi connectivity index (χ1n) is 2.51. The molecule has 0 bridgehead atoms. The number of aliphatic hydroxyl groups is 1. The predicted molar refractivity (Wildman–Crippen MR) is 27.0 cm³/mol. The summed E-state index contributed by atoms with van der Waals surface area (Å²) in [5.41, 5.74) is 0. The van der Waals surface area contributed by atoms with Crippen molar-refractivity contribution in [2.45, 2.75) is 23.4 Å². The molecule has 0 fully saturated rings. The maximum atomic E-state index is 8.66. The molecule has 1 unspecified atom stereocenters. The van der Waals surface area contributed by atoms with Crippen LogP contribution < -0.4 is 0 Å². The Bertz CT molecular complexity index is 40.7. The maximum absolute atomic E-state index is 8.66. The summed E-state index contributed by atoms with van der Waals surface area (Å²) < 4.78 is 1.14. The molecule has 40 valence electrons. The number of rotatable bonds is 3. The molecule has 0 aliphatic rings. The fourth-order valence-electron chi connectivity index (χ4n) is 0.373. The van der Waals surface area contributed by atoms with Crippen molar-refractivity contribution in [2.75, 3.05) is 0 Å². The molecule has 0 aromatic heterocycles. The van der Waals surface area contributed by atoms with E-state index in [4.69, 9.17) is 13.4 Å². The van der Waals surface area contributed by atoms with Gasteiger partial charge in [-0.3, -0.25) is 0 Å². The van der Waals surface area contributed by atoms with Crippen LogP contribution in [0.3, 0.4) is 0 Å². The molecule has 7 heavy (non-hydrogen) atoms. The van der Waals surface area contributed by atoms with E-state index in [0.717, 1.165) is 10.4 Å². The van der Waals surface area contributed by atoms with E-state index in [0.29, 0.717) is 0 Å². The van der Waals surface area contributed by atoms with Crippen LogP contribution in [0.4, 0.5) is 0 Å². The molecule has 0 rings (SSSR count). The van der Waals surface area contributed by atoms with Gasteiger partial charge in [-0.15, -0.1) is 0 Å². The zero-order valence-corrected chi connectivity index (χ0v) is 10.8. The van der Waals surface area contributed by atoms with Crippen molar-refractivity contribution in [1.29, 1.82) is 0 Å². The van der Waals surface area contributed by atoms with Gasteiger partial charge < -0.3 is 0 Å². The molecule has 0 aliphatic heterocycles. The van der Waals surface area contributed by atoms with E-state index in [9.17, 15) is 0 Å². The summed E-state index contributed by atoms with van der Waals surface area (Å²) in [5.74, 6) is 0. The van der Waals surface area contributed by atoms with E-state index in [-0.39, 0.29) is 6.10 Å². The molecule has 0 amide bonds. The standard InChI is InChI=1S/C4H9O.ClH.Hg/c1-3-4(2)5;;/h4-5H,1,3H2,2H3;1H;/q;;+1/p-1. The molecule has 0 heterocycles. The van der Waals surface area contributed by atoms with Gasteiger partial charge in [-0.2, -0.15) is 0 Å². The van der Waals surface area contributed by atoms with Crippen LogP contribution in [0.25, 0.3) is 0 Å². The molecule has 0 radical (unpaired) electrons. The molecule has 1 atom stereocenters. The first-order chi connectivity index (χ1) is 3.27. The quantitative estimate of drug-likeness (QED) is 0.782. The summed E-state index contributed by atoms with van der Waals surface area (Å²) in [4.78, 5) is 0. The third-order valence-electron chi connectivity index (χ3n) is 0.756. The van der Waals surface area contributed by atoms with E-state index in [1.54, 1.807) is 6.92 Å². The van der Waals surface area contributed by atoms with Gasteiger partial charge in [0.25, 0.3) is 0 Å². The van der Waals surface area contributed by atoms with Crippen LogP contribution in [0.1, 0.15) is 13.3 Å². The fourth-order valence-corrected chi connectivity index (χ4v) is 4.62. The summed E-state index contributed by atoms with van der Waals surface area (Å²) in [6.45, 7) is 1.81. The number of halogens is 1. The average Bonchev–Trinajstić information content (AvgIpc) is 1.61. The topological polar surface area (TPSA) is 20.2 Å². The molecular weight excluding hydrogens is 300 g/mol. The Morgan fingerprint density at radius 1 is 1.86 bits per heavy atom. The first kappa shape index (κ1) is 8.19. The van der Waals surface area contributed by atoms with E-state index < -0.39 is 23.3 Å². The molecule has 0 aromatic rings. The van der Waals surface area contributed by atoms with E-state index >= 15 is 0 Å². The van der Waals surface area contributed by atoms with Gasteiger partial charge in [-0.25, -0.2) is 0 Å². The molecule has 3 heteroatoms. The minimum absolute atomic E-state index is 0.126. The van der Waals surface area contributed by atoms with Gasteiger partial charge in [0.2, 0.25) is 0 Å². The van der Waals surface area contributed by atoms with Crippen molar-refractivity contribution >= 4 is 8.25 Å². The Balaban J connectivity index is 2.68. The Hall–Kier alpha value is 1.19. The molecule has 0 saturated carbocycles. The Morgan fingerprint density at radius 3 is 2.57 bits per heavy atom. The van der Waals surface area contributed by atoms with Crippen molar-refractivity contribution in [3.63, 3.8) is 0 Å². The minimum atomic E-state index is -0.901. The van der Waals surface area contributed by atoms with E-state index in [1.807, 2.05) is 0 Å². The van der Waals surface area contributed by atoms with Gasteiger partial charge in [0.1, 0.15) is 0 Å². The monoisotopic (exact) mass is 310 g/mol. The zero-order valence-electron chi connectivity index (χ0n) is 4.52. The average molecular weight is 309 g/mol. The summed E-state index contributed by atoms with van der Waals surface area (Å²) in [6.07, 6.45) is 0.796. The molecular formula is C4H9ClHgO. The van der Waals surface area contributed by atoms with Crippen LogP contribution >= 0.6 is 8.25 Å². The van der Waals surface area contributed by atoms with Crippen LogP contribution in [0.2, 0.25) is 3.93 Å². The van der Waals surface area contributed by atoms with Crippen molar-refractivity contribution in [2.24, 2.45) is 0 Å². The van der Waals surface area contributed by atoms with E-state index in [1.165, 1.54) is 0 Å². The van der Waals surface area contributed by atoms with Crippen molar-refractivity contribution in [3.8, 4) is 0 Å². The van der Waals surface area contributed by atoms with E-state index in [2.05, 4.69) is 0 Å². The van der Waals surface area contributed by atoms with Gasteiger partial charge >= 0.3 is 60.1 Å². The Morgan fingerprint density at radius 2 is 2.43 bits per heavy atom. The number of hydrogen-bond acceptors (Lipinski definition) is 1. The van der Waals surface area contributed by atoms with Crippen LogP contribution in [0.5, 0.6) is 0 Å². The normalized spacial score (nSPS) is 13.0. The fraction of sp³-hybridized carbons (Fsp3) is 1.00. The molecule has 0 aromatic carbocycles. The summed E-state index contributed by atoms with van der Waals surface area (Å²) in [6, 6.07) is 0. The molecule has 0 spiro atoms. The third kappa shape index (κ3) is 7.19. The molecule has 0 saturated heterocycles. The van der Waals surface area contributed by atoms with Gasteiger partial charge in [0.15, 0.2) is 0 Å². The van der Waals surface area contributed by atoms with Crippen LogP contribution in [-0.4, -0.2) is 11.2 Å². The summed E-state index contributed by atoms with van der Waals surface area (Å²) in [5, 5.41) is 8.66. The molecule has 1 nitrogen and oxygen atoms in total. The summed E-state index contributed by atoms with van der Waals surface area (Å²) in [7, 11) is 5.56. The SMILES string of the molecule is CC(O)C[CH2][Hg][Cl]. The van der Waals surface area contributed by atoms with Crippen molar-refractivity contribution < 1.29 is 28.4 Å². The van der Waals surface area contributed by atoms with Crippen LogP contribution in [0, 0.1) is 0 Å². The predicted octanol–water partition coefficient (Wildman–Crippen LogP) is 1.41. The van der Waals surface area contributed by atoms with Crippen LogP contribution in [0.15, 0.2) is 0 Å². The van der Waals surface area contributed by atoms with Gasteiger partial charge in [0, 0.05) is 0 Å². The van der Waals surface area contributed by atoms with Gasteiger partial charge in [-0.05, 0) is 0 Å². The third-order valence-corrected chi connectivity index (χ3v) is 5.73. The van der Waals surface area contributed by atoms with Crippen molar-refractivity contribution in [1.82, 2.24) is 0 Å². The van der Waals surface area contributed by atoms with Gasteiger partial charge in [0.05, 0.1) is 0 Å². The molecule has 0 aliphatic carbocycles. The van der Waals surface area contributed by atoms with Gasteiger partial charge in [-0.1, -0.05) is 0 Å². The number of hydrogen-bond donors (Lipinski definition) is 1. The summed E-state index contributed by atoms with van der Waals surface area (Å²) >= 11 is -0.901. The Kier molecular flexibility index (Phi) is 6.23.